The van der Waals surface area contributed by atoms with E-state index in [4.69, 9.17) is 5.73 Å². The molecular formula is C15H23N3O. The van der Waals surface area contributed by atoms with Gasteiger partial charge < -0.3 is 5.73 Å². The molecule has 0 aromatic carbocycles. The Hall–Kier alpha value is -0.900. The van der Waals surface area contributed by atoms with Gasteiger partial charge in [0.25, 0.3) is 0 Å². The number of hydrazone groups is 1. The lowest BCUT2D eigenvalue weighted by Crippen LogP contribution is -2.50. The van der Waals surface area contributed by atoms with Crippen LogP contribution in [0.25, 0.3) is 0 Å². The molecule has 4 bridgehead atoms. The third kappa shape index (κ3) is 1.92. The fourth-order valence-corrected chi connectivity index (χ4v) is 5.57. The van der Waals surface area contributed by atoms with Gasteiger partial charge >= 0.3 is 0 Å². The van der Waals surface area contributed by atoms with E-state index in [9.17, 15) is 4.79 Å². The summed E-state index contributed by atoms with van der Waals surface area (Å²) >= 11 is 0. The third-order valence-corrected chi connectivity index (χ3v) is 5.79. The van der Waals surface area contributed by atoms with Crippen LogP contribution in [0.2, 0.25) is 0 Å². The lowest BCUT2D eigenvalue weighted by molar-refractivity contribution is -0.134. The Labute approximate surface area is 114 Å². The predicted octanol–water partition coefficient (Wildman–Crippen LogP) is 1.75. The fraction of sp³-hybridized carbons (Fsp3) is 0.867. The van der Waals surface area contributed by atoms with Crippen LogP contribution in [0.3, 0.4) is 0 Å². The summed E-state index contributed by atoms with van der Waals surface area (Å²) in [6.45, 7) is 1.28. The van der Waals surface area contributed by atoms with Crippen LogP contribution in [-0.2, 0) is 4.79 Å². The Morgan fingerprint density at radius 1 is 1.16 bits per heavy atom. The van der Waals surface area contributed by atoms with E-state index in [1.165, 1.54) is 38.5 Å². The fourth-order valence-electron chi connectivity index (χ4n) is 5.57. The van der Waals surface area contributed by atoms with Crippen LogP contribution in [0, 0.1) is 23.2 Å². The molecule has 1 heterocycles. The average molecular weight is 261 g/mol. The van der Waals surface area contributed by atoms with Gasteiger partial charge in [0.2, 0.25) is 5.91 Å². The Morgan fingerprint density at radius 3 is 2.21 bits per heavy atom. The Morgan fingerprint density at radius 2 is 1.74 bits per heavy atom. The first-order valence-corrected chi connectivity index (χ1v) is 7.72. The molecule has 4 fully saturated rings. The second kappa shape index (κ2) is 4.05. The normalized spacial score (nSPS) is 44.1. The molecule has 4 heteroatoms. The van der Waals surface area contributed by atoms with Crippen molar-refractivity contribution in [1.29, 1.82) is 0 Å². The standard InChI is InChI=1S/C15H23N3O/c16-8-13-4-14(19)18(17-13)9-15-5-10-1-11(6-15)3-12(2-10)7-15/h10-12H,1-9,16H2. The summed E-state index contributed by atoms with van der Waals surface area (Å²) in [4.78, 5) is 12.0. The molecule has 4 aliphatic carbocycles. The highest BCUT2D eigenvalue weighted by atomic mass is 16.2. The van der Waals surface area contributed by atoms with E-state index in [0.717, 1.165) is 30.0 Å². The molecule has 0 unspecified atom stereocenters. The van der Waals surface area contributed by atoms with E-state index >= 15 is 0 Å². The monoisotopic (exact) mass is 261 g/mol. The van der Waals surface area contributed by atoms with Gasteiger partial charge in [0, 0.05) is 6.54 Å². The highest BCUT2D eigenvalue weighted by Gasteiger charge is 2.52. The number of carbonyl (C=O) groups excluding carboxylic acids is 1. The second-order valence-corrected chi connectivity index (χ2v) is 7.42. The van der Waals surface area contributed by atoms with Gasteiger partial charge in [-0.3, -0.25) is 4.79 Å². The molecule has 4 saturated carbocycles. The van der Waals surface area contributed by atoms with Crippen LogP contribution >= 0.6 is 0 Å². The summed E-state index contributed by atoms with van der Waals surface area (Å²) in [6.07, 6.45) is 8.78. The molecule has 0 spiro atoms. The van der Waals surface area contributed by atoms with Crippen molar-refractivity contribution in [1.82, 2.24) is 5.01 Å². The van der Waals surface area contributed by atoms with E-state index in [2.05, 4.69) is 5.10 Å². The summed E-state index contributed by atoms with van der Waals surface area (Å²) in [6, 6.07) is 0. The van der Waals surface area contributed by atoms with Crippen molar-refractivity contribution in [2.45, 2.75) is 44.9 Å². The maximum absolute atomic E-state index is 12.0. The molecule has 19 heavy (non-hydrogen) atoms. The number of amides is 1. The minimum absolute atomic E-state index is 0.163. The minimum Gasteiger partial charge on any atom is -0.325 e. The van der Waals surface area contributed by atoms with Gasteiger partial charge in [-0.05, 0) is 61.7 Å². The number of rotatable bonds is 3. The van der Waals surface area contributed by atoms with Crippen LogP contribution in [-0.4, -0.2) is 29.7 Å². The molecule has 5 rings (SSSR count). The van der Waals surface area contributed by atoms with Gasteiger partial charge in [0.1, 0.15) is 0 Å². The molecule has 0 atom stereocenters. The molecular weight excluding hydrogens is 238 g/mol. The zero-order chi connectivity index (χ0) is 13.0. The Bertz CT molecular complexity index is 407. The molecule has 5 aliphatic rings. The average Bonchev–Trinajstić information content (AvgIpc) is 2.67. The van der Waals surface area contributed by atoms with Crippen molar-refractivity contribution >= 4 is 11.6 Å². The Balaban J connectivity index is 1.53. The van der Waals surface area contributed by atoms with Gasteiger partial charge in [-0.15, -0.1) is 0 Å². The van der Waals surface area contributed by atoms with Crippen LogP contribution in [0.4, 0.5) is 0 Å². The number of nitrogens with two attached hydrogens (primary N) is 1. The molecule has 2 N–H and O–H groups in total. The summed E-state index contributed by atoms with van der Waals surface area (Å²) in [5.74, 6) is 2.96. The van der Waals surface area contributed by atoms with Gasteiger partial charge in [-0.1, -0.05) is 0 Å². The van der Waals surface area contributed by atoms with Gasteiger partial charge in [-0.25, -0.2) is 5.01 Å². The maximum Gasteiger partial charge on any atom is 0.248 e. The number of hydrogen-bond donors (Lipinski definition) is 1. The second-order valence-electron chi connectivity index (χ2n) is 7.42. The van der Waals surface area contributed by atoms with Crippen molar-refractivity contribution in [2.75, 3.05) is 13.1 Å². The van der Waals surface area contributed by atoms with Crippen molar-refractivity contribution in [3.8, 4) is 0 Å². The van der Waals surface area contributed by atoms with E-state index < -0.39 is 0 Å². The number of nitrogens with zero attached hydrogens (tertiary/aromatic N) is 2. The predicted molar refractivity (Wildman–Crippen MR) is 73.4 cm³/mol. The van der Waals surface area contributed by atoms with Crippen LogP contribution in [0.15, 0.2) is 5.10 Å². The van der Waals surface area contributed by atoms with Crippen LogP contribution in [0.5, 0.6) is 0 Å². The summed E-state index contributed by atoms with van der Waals surface area (Å²) in [7, 11) is 0. The van der Waals surface area contributed by atoms with Gasteiger partial charge in [-0.2, -0.15) is 5.10 Å². The van der Waals surface area contributed by atoms with Crippen molar-refractivity contribution in [2.24, 2.45) is 34.0 Å². The first-order chi connectivity index (χ1) is 9.16. The van der Waals surface area contributed by atoms with Crippen molar-refractivity contribution in [3.05, 3.63) is 0 Å². The van der Waals surface area contributed by atoms with Gasteiger partial charge in [0.05, 0.1) is 18.7 Å². The van der Waals surface area contributed by atoms with Gasteiger partial charge in [0.15, 0.2) is 0 Å². The zero-order valence-electron chi connectivity index (χ0n) is 11.5. The minimum atomic E-state index is 0.163. The number of hydrogen-bond acceptors (Lipinski definition) is 3. The summed E-state index contributed by atoms with van der Waals surface area (Å²) in [5, 5.41) is 6.18. The molecule has 0 radical (unpaired) electrons. The summed E-state index contributed by atoms with van der Waals surface area (Å²) in [5.41, 5.74) is 6.85. The molecule has 1 amide bonds. The number of carbonyl (C=O) groups is 1. The van der Waals surface area contributed by atoms with E-state index in [0.29, 0.717) is 18.4 Å². The maximum atomic E-state index is 12.0. The third-order valence-electron chi connectivity index (χ3n) is 5.79. The zero-order valence-corrected chi connectivity index (χ0v) is 11.5. The first kappa shape index (κ1) is 11.9. The molecule has 4 nitrogen and oxygen atoms in total. The van der Waals surface area contributed by atoms with Crippen LogP contribution in [0.1, 0.15) is 44.9 Å². The van der Waals surface area contributed by atoms with Crippen LogP contribution < -0.4 is 5.73 Å². The smallest absolute Gasteiger partial charge is 0.248 e. The molecule has 104 valence electrons. The highest BCUT2D eigenvalue weighted by Crippen LogP contribution is 2.60. The first-order valence-electron chi connectivity index (χ1n) is 7.72. The van der Waals surface area contributed by atoms with E-state index in [1.54, 1.807) is 5.01 Å². The Kier molecular flexibility index (Phi) is 2.53. The SMILES string of the molecule is NCC1=NN(CC23CC4CC(CC(C4)C2)C3)C(=O)C1. The lowest BCUT2D eigenvalue weighted by Gasteiger charge is -2.57. The van der Waals surface area contributed by atoms with E-state index in [-0.39, 0.29) is 5.91 Å². The van der Waals surface area contributed by atoms with E-state index in [1.807, 2.05) is 0 Å². The highest BCUT2D eigenvalue weighted by molar-refractivity contribution is 6.05. The topological polar surface area (TPSA) is 58.7 Å². The largest absolute Gasteiger partial charge is 0.325 e. The van der Waals surface area contributed by atoms with Crippen molar-refractivity contribution in [3.63, 3.8) is 0 Å². The van der Waals surface area contributed by atoms with Crippen molar-refractivity contribution < 1.29 is 4.79 Å². The molecule has 0 aromatic heterocycles. The molecule has 0 saturated heterocycles. The quantitative estimate of drug-likeness (QED) is 0.841. The summed E-state index contributed by atoms with van der Waals surface area (Å²) < 4.78 is 0. The lowest BCUT2D eigenvalue weighted by atomic mass is 9.49. The molecule has 1 aliphatic heterocycles. The molecule has 0 aromatic rings.